The van der Waals surface area contributed by atoms with Crippen molar-refractivity contribution in [3.05, 3.63) is 68.3 Å². The molecule has 39 heavy (non-hydrogen) atoms. The molecule has 1 fully saturated rings. The Labute approximate surface area is 224 Å². The number of aryl methyl sites for hydroxylation is 1. The van der Waals surface area contributed by atoms with Crippen molar-refractivity contribution < 1.29 is 37.5 Å². The van der Waals surface area contributed by atoms with E-state index in [0.29, 0.717) is 24.0 Å². The Morgan fingerprint density at radius 1 is 1.23 bits per heavy atom. The van der Waals surface area contributed by atoms with Crippen LogP contribution in [-0.2, 0) is 10.9 Å². The molecule has 1 amide bonds. The fraction of sp³-hybridized carbons (Fsp3) is 0.464. The van der Waals surface area contributed by atoms with E-state index in [1.165, 1.54) is 24.1 Å². The van der Waals surface area contributed by atoms with E-state index < -0.39 is 46.3 Å². The summed E-state index contributed by atoms with van der Waals surface area (Å²) in [5, 5.41) is 21.6. The number of nitro groups is 1. The van der Waals surface area contributed by atoms with Gasteiger partial charge in [-0.15, -0.1) is 0 Å². The number of aromatic hydroxyl groups is 1. The normalized spacial score (nSPS) is 21.2. The number of hydrogen-bond donors (Lipinski definition) is 1. The van der Waals surface area contributed by atoms with Gasteiger partial charge in [0.15, 0.2) is 5.75 Å². The van der Waals surface area contributed by atoms with E-state index in [2.05, 4.69) is 13.8 Å². The van der Waals surface area contributed by atoms with Crippen LogP contribution in [0.25, 0.3) is 5.57 Å². The summed E-state index contributed by atoms with van der Waals surface area (Å²) in [6.07, 6.45) is -4.19. The molecule has 210 valence electrons. The molecule has 4 rings (SSSR count). The number of rotatable bonds is 6. The molecule has 2 aromatic rings. The summed E-state index contributed by atoms with van der Waals surface area (Å²) in [7, 11) is 1.40. The molecule has 0 spiro atoms. The standard InChI is InChI=1S/C28H31F3N2O6/c1-15-8-17(10-19(9-15)28(29,30)31)25-16(2)32(26(35)39-25)14-18-13-27(3,4)7-6-20(18)21-11-22(33(36)37)23(34)12-24(21)38-5/h8-12,16,25,34H,6-7,13-14H2,1-5H3/t16-,25-/m0/s1. The monoisotopic (exact) mass is 548 g/mol. The van der Waals surface area contributed by atoms with Gasteiger partial charge < -0.3 is 14.6 Å². The Hall–Kier alpha value is -3.76. The maximum atomic E-state index is 13.4. The number of halogens is 3. The molecule has 11 heteroatoms. The molecule has 2 atom stereocenters. The number of carbonyl (C=O) groups excluding carboxylic acids is 1. The van der Waals surface area contributed by atoms with Crippen LogP contribution in [-0.4, -0.2) is 40.7 Å². The molecule has 0 aromatic heterocycles. The Balaban J connectivity index is 1.74. The molecule has 8 nitrogen and oxygen atoms in total. The van der Waals surface area contributed by atoms with Gasteiger partial charge in [0.05, 0.1) is 23.6 Å². The van der Waals surface area contributed by atoms with Crippen molar-refractivity contribution in [2.75, 3.05) is 13.7 Å². The summed E-state index contributed by atoms with van der Waals surface area (Å²) in [4.78, 5) is 25.4. The first-order valence-electron chi connectivity index (χ1n) is 12.5. The fourth-order valence-corrected chi connectivity index (χ4v) is 5.50. The predicted octanol–water partition coefficient (Wildman–Crippen LogP) is 7.18. The van der Waals surface area contributed by atoms with Crippen molar-refractivity contribution in [1.29, 1.82) is 0 Å². The predicted molar refractivity (Wildman–Crippen MR) is 137 cm³/mol. The van der Waals surface area contributed by atoms with Crippen LogP contribution in [0.3, 0.4) is 0 Å². The van der Waals surface area contributed by atoms with Crippen molar-refractivity contribution in [2.45, 2.75) is 65.3 Å². The highest BCUT2D eigenvalue weighted by Gasteiger charge is 2.42. The average molecular weight is 549 g/mol. The zero-order valence-corrected chi connectivity index (χ0v) is 22.4. The molecule has 1 heterocycles. The summed E-state index contributed by atoms with van der Waals surface area (Å²) >= 11 is 0. The summed E-state index contributed by atoms with van der Waals surface area (Å²) in [6.45, 7) is 7.58. The number of alkyl halides is 3. The minimum absolute atomic E-state index is 0.126. The van der Waals surface area contributed by atoms with Crippen molar-refractivity contribution in [2.24, 2.45) is 5.41 Å². The van der Waals surface area contributed by atoms with E-state index in [-0.39, 0.29) is 23.3 Å². The Kier molecular flexibility index (Phi) is 7.31. The molecular weight excluding hydrogens is 517 g/mol. The molecule has 1 N–H and O–H groups in total. The lowest BCUT2D eigenvalue weighted by Gasteiger charge is -2.35. The van der Waals surface area contributed by atoms with Crippen LogP contribution in [0.2, 0.25) is 0 Å². The molecule has 1 aliphatic heterocycles. The number of cyclic esters (lactones) is 1. The van der Waals surface area contributed by atoms with Crippen molar-refractivity contribution in [1.82, 2.24) is 4.90 Å². The second-order valence-corrected chi connectivity index (χ2v) is 11.0. The van der Waals surface area contributed by atoms with E-state index in [9.17, 15) is 33.2 Å². The maximum absolute atomic E-state index is 13.4. The lowest BCUT2D eigenvalue weighted by atomic mass is 9.72. The lowest BCUT2D eigenvalue weighted by Crippen LogP contribution is -2.35. The van der Waals surface area contributed by atoms with Gasteiger partial charge in [0, 0.05) is 24.2 Å². The zero-order chi connectivity index (χ0) is 28.9. The topological polar surface area (TPSA) is 102 Å². The molecule has 2 aliphatic rings. The van der Waals surface area contributed by atoms with Gasteiger partial charge in [-0.25, -0.2) is 4.79 Å². The molecule has 2 aromatic carbocycles. The Morgan fingerprint density at radius 2 is 1.92 bits per heavy atom. The number of nitrogens with zero attached hydrogens (tertiary/aromatic N) is 2. The number of benzene rings is 2. The van der Waals surface area contributed by atoms with Crippen LogP contribution in [0.15, 0.2) is 35.9 Å². The largest absolute Gasteiger partial charge is 0.502 e. The minimum atomic E-state index is -4.54. The van der Waals surface area contributed by atoms with Crippen LogP contribution >= 0.6 is 0 Å². The third-order valence-electron chi connectivity index (χ3n) is 7.50. The Bertz CT molecular complexity index is 1350. The number of hydrogen-bond acceptors (Lipinski definition) is 6. The number of nitro benzene ring substituents is 1. The maximum Gasteiger partial charge on any atom is 0.416 e. The van der Waals surface area contributed by atoms with Crippen LogP contribution in [0.1, 0.15) is 68.4 Å². The number of methoxy groups -OCH3 is 1. The number of allylic oxidation sites excluding steroid dienone is 1. The summed E-state index contributed by atoms with van der Waals surface area (Å²) in [5.41, 5.74) is 1.34. The van der Waals surface area contributed by atoms with Gasteiger partial charge in [-0.05, 0) is 67.4 Å². The van der Waals surface area contributed by atoms with E-state index >= 15 is 0 Å². The quantitative estimate of drug-likeness (QED) is 0.303. The van der Waals surface area contributed by atoms with E-state index in [4.69, 9.17) is 9.47 Å². The number of phenolic OH excluding ortho intramolecular Hbond substituents is 1. The minimum Gasteiger partial charge on any atom is -0.502 e. The van der Waals surface area contributed by atoms with Gasteiger partial charge in [0.1, 0.15) is 11.9 Å². The number of amides is 1. The molecule has 1 aliphatic carbocycles. The SMILES string of the molecule is COc1cc(O)c([N+](=O)[O-])cc1C1=C(CN2C(=O)O[C@H](c3cc(C)cc(C(F)(F)F)c3)[C@@H]2C)CC(C)(C)CC1. The van der Waals surface area contributed by atoms with Crippen LogP contribution in [0.4, 0.5) is 23.7 Å². The van der Waals surface area contributed by atoms with E-state index in [1.54, 1.807) is 19.9 Å². The highest BCUT2D eigenvalue weighted by molar-refractivity contribution is 5.79. The first-order valence-corrected chi connectivity index (χ1v) is 12.5. The fourth-order valence-electron chi connectivity index (χ4n) is 5.50. The van der Waals surface area contributed by atoms with Gasteiger partial charge in [-0.3, -0.25) is 15.0 Å². The average Bonchev–Trinajstić information content (AvgIpc) is 3.11. The molecular formula is C28H31F3N2O6. The molecule has 0 saturated carbocycles. The van der Waals surface area contributed by atoms with Crippen LogP contribution < -0.4 is 4.74 Å². The van der Waals surface area contributed by atoms with E-state index in [0.717, 1.165) is 29.7 Å². The molecule has 0 radical (unpaired) electrons. The van der Waals surface area contributed by atoms with E-state index in [1.807, 2.05) is 0 Å². The summed E-state index contributed by atoms with van der Waals surface area (Å²) in [5.74, 6) is -0.255. The van der Waals surface area contributed by atoms with Crippen molar-refractivity contribution >= 4 is 17.4 Å². The highest BCUT2D eigenvalue weighted by Crippen LogP contribution is 2.47. The number of ether oxygens (including phenoxy) is 2. The first kappa shape index (κ1) is 28.3. The van der Waals surface area contributed by atoms with Crippen LogP contribution in [0, 0.1) is 22.5 Å². The van der Waals surface area contributed by atoms with Gasteiger partial charge in [0.25, 0.3) is 0 Å². The highest BCUT2D eigenvalue weighted by atomic mass is 19.4. The first-order chi connectivity index (χ1) is 18.1. The molecule has 1 saturated heterocycles. The smallest absolute Gasteiger partial charge is 0.416 e. The van der Waals surface area contributed by atoms with Crippen molar-refractivity contribution in [3.8, 4) is 11.5 Å². The molecule has 0 unspecified atom stereocenters. The van der Waals surface area contributed by atoms with Gasteiger partial charge in [-0.2, -0.15) is 13.2 Å². The summed E-state index contributed by atoms with van der Waals surface area (Å²) in [6, 6.07) is 5.56. The second-order valence-electron chi connectivity index (χ2n) is 11.0. The second kappa shape index (κ2) is 10.1. The third-order valence-corrected chi connectivity index (χ3v) is 7.50. The van der Waals surface area contributed by atoms with Gasteiger partial charge in [0.2, 0.25) is 0 Å². The number of carbonyl (C=O) groups is 1. The van der Waals surface area contributed by atoms with Crippen LogP contribution in [0.5, 0.6) is 11.5 Å². The summed E-state index contributed by atoms with van der Waals surface area (Å²) < 4.78 is 51.4. The van der Waals surface area contributed by atoms with Crippen molar-refractivity contribution in [3.63, 3.8) is 0 Å². The molecule has 0 bridgehead atoms. The Morgan fingerprint density at radius 3 is 2.54 bits per heavy atom. The third kappa shape index (κ3) is 5.67. The lowest BCUT2D eigenvalue weighted by molar-refractivity contribution is -0.385. The number of phenols is 1. The zero-order valence-electron chi connectivity index (χ0n) is 22.4. The van der Waals surface area contributed by atoms with Gasteiger partial charge >= 0.3 is 18.0 Å². The van der Waals surface area contributed by atoms with Gasteiger partial charge in [-0.1, -0.05) is 25.5 Å².